The largest absolute Gasteiger partial charge is 0.465 e. The number of hydrogen-bond donors (Lipinski definition) is 2. The number of aryl methyl sites for hydroxylation is 1. The number of aromatic amines is 1. The quantitative estimate of drug-likeness (QED) is 0.742. The van der Waals surface area contributed by atoms with E-state index >= 15 is 0 Å². The first kappa shape index (κ1) is 20.5. The van der Waals surface area contributed by atoms with Gasteiger partial charge in [0.2, 0.25) is 0 Å². The lowest BCUT2D eigenvalue weighted by molar-refractivity contribution is -0.137. The number of ether oxygens (including phenoxy) is 1. The van der Waals surface area contributed by atoms with Crippen LogP contribution in [0, 0.1) is 6.92 Å². The fourth-order valence-corrected chi connectivity index (χ4v) is 2.83. The van der Waals surface area contributed by atoms with Crippen LogP contribution in [-0.2, 0) is 23.9 Å². The molecule has 0 aliphatic carbocycles. The number of methoxy groups -OCH3 is 1. The highest BCUT2D eigenvalue weighted by molar-refractivity contribution is 6.00. The predicted octanol–water partition coefficient (Wildman–Crippen LogP) is 4.01. The minimum absolute atomic E-state index is 0.0637. The number of benzene rings is 1. The van der Waals surface area contributed by atoms with Crippen molar-refractivity contribution in [1.82, 2.24) is 10.3 Å². The van der Waals surface area contributed by atoms with Gasteiger partial charge >= 0.3 is 12.1 Å². The molecule has 1 aromatic carbocycles. The Bertz CT molecular complexity index is 824. The minimum atomic E-state index is -4.40. The van der Waals surface area contributed by atoms with Crippen molar-refractivity contribution in [2.45, 2.75) is 39.4 Å². The Kier molecular flexibility index (Phi) is 6.30. The fourth-order valence-electron chi connectivity index (χ4n) is 2.83. The summed E-state index contributed by atoms with van der Waals surface area (Å²) in [7, 11) is 1.27. The molecule has 0 aliphatic heterocycles. The zero-order chi connectivity index (χ0) is 20.2. The van der Waals surface area contributed by atoms with E-state index in [-0.39, 0.29) is 12.2 Å². The second-order valence-corrected chi connectivity index (χ2v) is 6.10. The number of carbonyl (C=O) groups excluding carboxylic acids is 2. The number of hydrogen-bond acceptors (Lipinski definition) is 3. The normalized spacial score (nSPS) is 11.3. The molecule has 1 aromatic heterocycles. The van der Waals surface area contributed by atoms with E-state index in [0.29, 0.717) is 28.8 Å². The summed E-state index contributed by atoms with van der Waals surface area (Å²) in [4.78, 5) is 27.5. The Morgan fingerprint density at radius 2 is 1.81 bits per heavy atom. The van der Waals surface area contributed by atoms with E-state index in [9.17, 15) is 22.8 Å². The minimum Gasteiger partial charge on any atom is -0.465 e. The van der Waals surface area contributed by atoms with Crippen molar-refractivity contribution < 1.29 is 27.5 Å². The first-order chi connectivity index (χ1) is 12.7. The molecule has 2 N–H and O–H groups in total. The van der Waals surface area contributed by atoms with Gasteiger partial charge in [0, 0.05) is 12.2 Å². The number of nitrogens with one attached hydrogen (secondary N) is 2. The molecule has 0 spiro atoms. The summed E-state index contributed by atoms with van der Waals surface area (Å²) >= 11 is 0. The lowest BCUT2D eigenvalue weighted by atomic mass is 10.0. The summed E-state index contributed by atoms with van der Waals surface area (Å²) in [5, 5.41) is 2.67. The molecule has 1 amide bonds. The van der Waals surface area contributed by atoms with Crippen LogP contribution in [0.4, 0.5) is 13.2 Å². The predicted molar refractivity (Wildman–Crippen MR) is 93.5 cm³/mol. The third-order valence-electron chi connectivity index (χ3n) is 4.14. The maximum atomic E-state index is 12.6. The van der Waals surface area contributed by atoms with E-state index < -0.39 is 23.6 Å². The van der Waals surface area contributed by atoms with Crippen molar-refractivity contribution in [1.29, 1.82) is 0 Å². The Labute approximate surface area is 154 Å². The lowest BCUT2D eigenvalue weighted by Gasteiger charge is -2.09. The number of carbonyl (C=O) groups is 2. The van der Waals surface area contributed by atoms with Crippen LogP contribution in [-0.4, -0.2) is 24.0 Å². The monoisotopic (exact) mass is 382 g/mol. The number of H-pyrrole nitrogens is 1. The van der Waals surface area contributed by atoms with Crippen LogP contribution in [0.5, 0.6) is 0 Å². The van der Waals surface area contributed by atoms with E-state index in [4.69, 9.17) is 4.74 Å². The maximum Gasteiger partial charge on any atom is 0.416 e. The smallest absolute Gasteiger partial charge is 0.416 e. The van der Waals surface area contributed by atoms with E-state index in [1.807, 2.05) is 6.92 Å². The number of aromatic nitrogens is 1. The zero-order valence-corrected chi connectivity index (χ0v) is 15.3. The van der Waals surface area contributed by atoms with Crippen LogP contribution in [0.25, 0.3) is 0 Å². The molecule has 0 unspecified atom stereocenters. The van der Waals surface area contributed by atoms with Gasteiger partial charge in [0.25, 0.3) is 5.91 Å². The van der Waals surface area contributed by atoms with Crippen molar-refractivity contribution in [3.63, 3.8) is 0 Å². The highest BCUT2D eigenvalue weighted by Gasteiger charge is 2.30. The third-order valence-corrected chi connectivity index (χ3v) is 4.14. The Balaban J connectivity index is 2.17. The van der Waals surface area contributed by atoms with Gasteiger partial charge in [0.1, 0.15) is 5.69 Å². The molecule has 0 fully saturated rings. The molecule has 0 aliphatic rings. The van der Waals surface area contributed by atoms with Crippen molar-refractivity contribution in [3.8, 4) is 0 Å². The van der Waals surface area contributed by atoms with Crippen LogP contribution >= 0.6 is 0 Å². The van der Waals surface area contributed by atoms with Gasteiger partial charge in [-0.15, -0.1) is 0 Å². The fraction of sp³-hybridized carbons (Fsp3) is 0.368. The first-order valence-electron chi connectivity index (χ1n) is 8.43. The Morgan fingerprint density at radius 1 is 1.19 bits per heavy atom. The van der Waals surface area contributed by atoms with Crippen LogP contribution in [0.2, 0.25) is 0 Å². The molecule has 0 atom stereocenters. The van der Waals surface area contributed by atoms with E-state index in [1.165, 1.54) is 19.2 Å². The Morgan fingerprint density at radius 3 is 2.33 bits per heavy atom. The standard InChI is InChI=1S/C19H21F3N2O3/c1-4-5-14-15(18(26)27-3)11(2)24-16(14)17(25)23-10-12-6-8-13(9-7-12)19(20,21)22/h6-9,24H,4-5,10H2,1-3H3,(H,23,25). The van der Waals surface area contributed by atoms with Crippen molar-refractivity contribution in [2.24, 2.45) is 0 Å². The summed E-state index contributed by atoms with van der Waals surface area (Å²) in [6.07, 6.45) is -3.17. The molecule has 2 rings (SSSR count). The summed E-state index contributed by atoms with van der Waals surface area (Å²) in [6, 6.07) is 4.57. The highest BCUT2D eigenvalue weighted by Crippen LogP contribution is 2.29. The van der Waals surface area contributed by atoms with Crippen molar-refractivity contribution in [3.05, 3.63) is 57.9 Å². The van der Waals surface area contributed by atoms with Gasteiger partial charge in [-0.2, -0.15) is 13.2 Å². The Hall–Kier alpha value is -2.77. The van der Waals surface area contributed by atoms with Gasteiger partial charge in [-0.05, 0) is 36.6 Å². The molecule has 27 heavy (non-hydrogen) atoms. The van der Waals surface area contributed by atoms with Gasteiger partial charge in [-0.25, -0.2) is 4.79 Å². The molecule has 0 saturated carbocycles. The number of alkyl halides is 3. The van der Waals surface area contributed by atoms with Crippen LogP contribution in [0.1, 0.15) is 56.6 Å². The van der Waals surface area contributed by atoms with Gasteiger partial charge in [-0.1, -0.05) is 25.5 Å². The second kappa shape index (κ2) is 8.28. The first-order valence-corrected chi connectivity index (χ1v) is 8.43. The van der Waals surface area contributed by atoms with Crippen molar-refractivity contribution >= 4 is 11.9 Å². The molecular weight excluding hydrogens is 361 g/mol. The van der Waals surface area contributed by atoms with Crippen molar-refractivity contribution in [2.75, 3.05) is 7.11 Å². The molecule has 0 saturated heterocycles. The maximum absolute atomic E-state index is 12.6. The van der Waals surface area contributed by atoms with Crippen LogP contribution in [0.15, 0.2) is 24.3 Å². The summed E-state index contributed by atoms with van der Waals surface area (Å²) in [6.45, 7) is 3.67. The molecular formula is C19H21F3N2O3. The SMILES string of the molecule is CCCc1c(C(=O)NCc2ccc(C(F)(F)F)cc2)[nH]c(C)c1C(=O)OC. The van der Waals surface area contributed by atoms with E-state index in [1.54, 1.807) is 6.92 Å². The van der Waals surface area contributed by atoms with Crippen LogP contribution < -0.4 is 5.32 Å². The molecule has 146 valence electrons. The van der Waals surface area contributed by atoms with Gasteiger partial charge in [-0.3, -0.25) is 4.79 Å². The lowest BCUT2D eigenvalue weighted by Crippen LogP contribution is -2.24. The van der Waals surface area contributed by atoms with Gasteiger partial charge in [0.05, 0.1) is 18.2 Å². The number of rotatable bonds is 6. The molecule has 8 heteroatoms. The summed E-state index contributed by atoms with van der Waals surface area (Å²) < 4.78 is 42.6. The van der Waals surface area contributed by atoms with E-state index in [2.05, 4.69) is 10.3 Å². The third kappa shape index (κ3) is 4.69. The molecule has 5 nitrogen and oxygen atoms in total. The van der Waals surface area contributed by atoms with Gasteiger partial charge in [0.15, 0.2) is 0 Å². The average molecular weight is 382 g/mol. The molecule has 0 radical (unpaired) electrons. The second-order valence-electron chi connectivity index (χ2n) is 6.10. The number of amides is 1. The van der Waals surface area contributed by atoms with E-state index in [0.717, 1.165) is 18.6 Å². The molecule has 0 bridgehead atoms. The zero-order valence-electron chi connectivity index (χ0n) is 15.3. The van der Waals surface area contributed by atoms with Crippen LogP contribution in [0.3, 0.4) is 0 Å². The molecule has 1 heterocycles. The topological polar surface area (TPSA) is 71.2 Å². The highest BCUT2D eigenvalue weighted by atomic mass is 19.4. The number of halogens is 3. The summed E-state index contributed by atoms with van der Waals surface area (Å²) in [5.74, 6) is -0.953. The van der Waals surface area contributed by atoms with Gasteiger partial charge < -0.3 is 15.0 Å². The average Bonchev–Trinajstić information content (AvgIpc) is 2.95. The summed E-state index contributed by atoms with van der Waals surface area (Å²) in [5.41, 5.74) is 1.51. The molecule has 2 aromatic rings. The number of esters is 1.